The van der Waals surface area contributed by atoms with Crippen molar-refractivity contribution in [1.29, 1.82) is 0 Å². The van der Waals surface area contributed by atoms with Crippen LogP contribution in [-0.4, -0.2) is 12.0 Å². The molecule has 1 nitrogen and oxygen atoms in total. The van der Waals surface area contributed by atoms with Crippen LogP contribution in [-0.2, 0) is 0 Å². The third kappa shape index (κ3) is 3.07. The van der Waals surface area contributed by atoms with Gasteiger partial charge in [0, 0.05) is 5.56 Å². The molecule has 0 atom stereocenters. The molecule has 110 valence electrons. The van der Waals surface area contributed by atoms with Gasteiger partial charge in [0.1, 0.15) is 0 Å². The number of rotatable bonds is 2. The zero-order valence-electron chi connectivity index (χ0n) is 10.1. The molecule has 0 saturated carbocycles. The first-order chi connectivity index (χ1) is 9.70. The summed E-state index contributed by atoms with van der Waals surface area (Å²) in [7, 11) is 0. The molecule has 0 fully saturated rings. The number of Topliss-reactive ketones (excluding diaryl/α,β-unsaturated/α-hetero) is 1. The van der Waals surface area contributed by atoms with Gasteiger partial charge in [-0.05, 0) is 29.3 Å². The predicted molar refractivity (Wildman–Crippen MR) is 62.1 cm³/mol. The summed E-state index contributed by atoms with van der Waals surface area (Å²) in [6.07, 6.45) is -5.06. The monoisotopic (exact) mass is 304 g/mol. The number of hydrogen-bond donors (Lipinski definition) is 0. The molecule has 7 heteroatoms. The Balaban J connectivity index is 2.50. The molecule has 0 bridgehead atoms. The average Bonchev–Trinajstić information content (AvgIpc) is 2.42. The van der Waals surface area contributed by atoms with E-state index >= 15 is 0 Å². The van der Waals surface area contributed by atoms with E-state index in [4.69, 9.17) is 0 Å². The number of ketones is 1. The van der Waals surface area contributed by atoms with E-state index in [2.05, 4.69) is 0 Å². The summed E-state index contributed by atoms with van der Waals surface area (Å²) in [6, 6.07) is 5.41. The Kier molecular flexibility index (Phi) is 3.76. The van der Waals surface area contributed by atoms with Crippen LogP contribution < -0.4 is 0 Å². The molecule has 2 rings (SSSR count). The van der Waals surface area contributed by atoms with Gasteiger partial charge in [-0.1, -0.05) is 18.2 Å². The van der Waals surface area contributed by atoms with Crippen molar-refractivity contribution in [2.75, 3.05) is 0 Å². The summed E-state index contributed by atoms with van der Waals surface area (Å²) in [5.41, 5.74) is -0.892. The van der Waals surface area contributed by atoms with Crippen LogP contribution in [0, 0.1) is 17.5 Å². The third-order valence-electron chi connectivity index (χ3n) is 2.70. The fourth-order valence-corrected chi connectivity index (χ4v) is 1.73. The average molecular weight is 304 g/mol. The fraction of sp³-hybridized carbons (Fsp3) is 0.0714. The van der Waals surface area contributed by atoms with E-state index in [0.717, 1.165) is 18.2 Å². The molecule has 0 aliphatic carbocycles. The highest BCUT2D eigenvalue weighted by atomic mass is 19.4. The first-order valence-electron chi connectivity index (χ1n) is 5.56. The van der Waals surface area contributed by atoms with Crippen LogP contribution in [0.25, 0.3) is 11.1 Å². The molecule has 21 heavy (non-hydrogen) atoms. The summed E-state index contributed by atoms with van der Waals surface area (Å²) in [5.74, 6) is -6.70. The lowest BCUT2D eigenvalue weighted by Crippen LogP contribution is -2.22. The molecule has 0 radical (unpaired) electrons. The van der Waals surface area contributed by atoms with E-state index in [1.165, 1.54) is 6.07 Å². The number of carbonyl (C=O) groups is 1. The van der Waals surface area contributed by atoms with Gasteiger partial charge in [0.15, 0.2) is 17.5 Å². The van der Waals surface area contributed by atoms with E-state index in [0.29, 0.717) is 12.1 Å². The number of alkyl halides is 3. The fourth-order valence-electron chi connectivity index (χ4n) is 1.73. The van der Waals surface area contributed by atoms with Crippen LogP contribution in [0.5, 0.6) is 0 Å². The van der Waals surface area contributed by atoms with Crippen LogP contribution in [0.4, 0.5) is 26.3 Å². The van der Waals surface area contributed by atoms with Gasteiger partial charge in [0.2, 0.25) is 0 Å². The Bertz CT molecular complexity index is 682. The van der Waals surface area contributed by atoms with Crippen molar-refractivity contribution in [1.82, 2.24) is 0 Å². The van der Waals surface area contributed by atoms with Crippen molar-refractivity contribution >= 4 is 5.78 Å². The smallest absolute Gasteiger partial charge is 0.284 e. The van der Waals surface area contributed by atoms with Crippen LogP contribution in [0.3, 0.4) is 0 Å². The van der Waals surface area contributed by atoms with Crippen LogP contribution in [0.15, 0.2) is 36.4 Å². The Labute approximate surface area is 114 Å². The number of carbonyl (C=O) groups excluding carboxylic acids is 1. The molecule has 0 amide bonds. The maximum Gasteiger partial charge on any atom is 0.454 e. The molecule has 0 aliphatic rings. The lowest BCUT2D eigenvalue weighted by atomic mass is 10.0. The van der Waals surface area contributed by atoms with Gasteiger partial charge < -0.3 is 0 Å². The molecule has 2 aromatic carbocycles. The maximum atomic E-state index is 13.1. The van der Waals surface area contributed by atoms with Crippen molar-refractivity contribution in [3.63, 3.8) is 0 Å². The predicted octanol–water partition coefficient (Wildman–Crippen LogP) is 4.52. The lowest BCUT2D eigenvalue weighted by Gasteiger charge is -2.08. The lowest BCUT2D eigenvalue weighted by molar-refractivity contribution is -0.0885. The second-order valence-electron chi connectivity index (χ2n) is 4.16. The van der Waals surface area contributed by atoms with Crippen LogP contribution >= 0.6 is 0 Å². The zero-order valence-corrected chi connectivity index (χ0v) is 10.1. The van der Waals surface area contributed by atoms with Gasteiger partial charge in [0.05, 0.1) is 0 Å². The highest BCUT2D eigenvalue weighted by Crippen LogP contribution is 2.27. The standard InChI is InChI=1S/C14H6F6O/c15-10-5-9(6-11(16)12(10)17)7-2-1-3-8(4-7)13(21)14(18,19)20/h1-6H. The topological polar surface area (TPSA) is 17.1 Å². The summed E-state index contributed by atoms with van der Waals surface area (Å²) in [6.45, 7) is 0. The minimum Gasteiger partial charge on any atom is -0.284 e. The van der Waals surface area contributed by atoms with E-state index in [1.54, 1.807) is 0 Å². The summed E-state index contributed by atoms with van der Waals surface area (Å²) in [5, 5.41) is 0. The second kappa shape index (κ2) is 5.23. The Morgan fingerprint density at radius 2 is 1.43 bits per heavy atom. The summed E-state index contributed by atoms with van der Waals surface area (Å²) >= 11 is 0. The molecular formula is C14H6F6O. The SMILES string of the molecule is O=C(c1cccc(-c2cc(F)c(F)c(F)c2)c1)C(F)(F)F. The quantitative estimate of drug-likeness (QED) is 0.453. The second-order valence-corrected chi connectivity index (χ2v) is 4.16. The largest absolute Gasteiger partial charge is 0.454 e. The molecule has 0 aromatic heterocycles. The molecular weight excluding hydrogens is 298 g/mol. The minimum absolute atomic E-state index is 0.0390. The van der Waals surface area contributed by atoms with Gasteiger partial charge in [0.25, 0.3) is 5.78 Å². The van der Waals surface area contributed by atoms with Gasteiger partial charge in [-0.15, -0.1) is 0 Å². The Morgan fingerprint density at radius 1 is 0.857 bits per heavy atom. The summed E-state index contributed by atoms with van der Waals surface area (Å²) < 4.78 is 76.1. The minimum atomic E-state index is -5.06. The summed E-state index contributed by atoms with van der Waals surface area (Å²) in [4.78, 5) is 11.1. The van der Waals surface area contributed by atoms with Gasteiger partial charge >= 0.3 is 6.18 Å². The van der Waals surface area contributed by atoms with Crippen molar-refractivity contribution in [2.45, 2.75) is 6.18 Å². The van der Waals surface area contributed by atoms with Crippen molar-refractivity contribution in [3.05, 3.63) is 59.4 Å². The first kappa shape index (κ1) is 15.1. The molecule has 0 unspecified atom stereocenters. The van der Waals surface area contributed by atoms with Gasteiger partial charge in [-0.25, -0.2) is 13.2 Å². The van der Waals surface area contributed by atoms with Crippen molar-refractivity contribution in [2.24, 2.45) is 0 Å². The Morgan fingerprint density at radius 3 is 1.95 bits per heavy atom. The zero-order chi connectivity index (χ0) is 15.8. The molecule has 0 spiro atoms. The molecule has 0 N–H and O–H groups in total. The van der Waals surface area contributed by atoms with Gasteiger partial charge in [-0.3, -0.25) is 4.79 Å². The van der Waals surface area contributed by atoms with Crippen molar-refractivity contribution in [3.8, 4) is 11.1 Å². The molecule has 0 aliphatic heterocycles. The molecule has 2 aromatic rings. The number of hydrogen-bond acceptors (Lipinski definition) is 1. The van der Waals surface area contributed by atoms with E-state index in [1.807, 2.05) is 0 Å². The van der Waals surface area contributed by atoms with Crippen LogP contribution in [0.2, 0.25) is 0 Å². The number of benzene rings is 2. The maximum absolute atomic E-state index is 13.1. The Hall–Kier alpha value is -2.31. The molecule has 0 saturated heterocycles. The van der Waals surface area contributed by atoms with Gasteiger partial charge in [-0.2, -0.15) is 13.2 Å². The first-order valence-corrected chi connectivity index (χ1v) is 5.56. The number of halogens is 6. The normalized spacial score (nSPS) is 11.5. The van der Waals surface area contributed by atoms with E-state index in [-0.39, 0.29) is 11.1 Å². The van der Waals surface area contributed by atoms with E-state index < -0.39 is 35.0 Å². The van der Waals surface area contributed by atoms with E-state index in [9.17, 15) is 31.1 Å². The highest BCUT2D eigenvalue weighted by molar-refractivity contribution is 6.01. The van der Waals surface area contributed by atoms with Crippen LogP contribution in [0.1, 0.15) is 10.4 Å². The molecule has 0 heterocycles. The highest BCUT2D eigenvalue weighted by Gasteiger charge is 2.39. The third-order valence-corrected chi connectivity index (χ3v) is 2.70. The van der Waals surface area contributed by atoms with Crippen molar-refractivity contribution < 1.29 is 31.1 Å².